The number of carbonyl (C=O) groups is 2. The van der Waals surface area contributed by atoms with Gasteiger partial charge >= 0.3 is 0 Å². The van der Waals surface area contributed by atoms with E-state index in [1.54, 1.807) is 24.1 Å². The SMILES string of the molecule is CCc1nc(C(N)=O)c(Nc2cnn(C)c2)nc1Oc1ccc(-c2ccc(CC(=O)N3CCN(C)CC3)cc2)cc1. The highest BCUT2D eigenvalue weighted by molar-refractivity contribution is 5.96. The van der Waals surface area contributed by atoms with Crippen LogP contribution in [0, 0.1) is 0 Å². The standard InChI is InChI=1S/C30H34N8O3/c1-4-25-30(35-29(27(34-25)28(31)40)33-23-18-32-37(3)19-23)41-24-11-9-22(10-12-24)21-7-5-20(6-8-21)17-26(39)38-15-13-36(2)14-16-38/h5-12,18-19H,4,13-17H2,1-3H3,(H2,31,40)(H,33,35). The van der Waals surface area contributed by atoms with E-state index < -0.39 is 5.91 Å². The number of rotatable bonds is 9. The maximum absolute atomic E-state index is 12.7. The van der Waals surface area contributed by atoms with Crippen LogP contribution in [0.5, 0.6) is 11.6 Å². The molecule has 0 bridgehead atoms. The summed E-state index contributed by atoms with van der Waals surface area (Å²) >= 11 is 0. The largest absolute Gasteiger partial charge is 0.437 e. The van der Waals surface area contributed by atoms with E-state index >= 15 is 0 Å². The maximum atomic E-state index is 12.7. The molecule has 0 unspecified atom stereocenters. The summed E-state index contributed by atoms with van der Waals surface area (Å²) in [6, 6.07) is 15.7. The van der Waals surface area contributed by atoms with Gasteiger partial charge in [-0.25, -0.2) is 4.98 Å². The maximum Gasteiger partial charge on any atom is 0.271 e. The number of anilines is 2. The second kappa shape index (κ2) is 12.2. The number of benzene rings is 2. The third-order valence-electron chi connectivity index (χ3n) is 7.03. The summed E-state index contributed by atoms with van der Waals surface area (Å²) in [6.45, 7) is 5.30. The Morgan fingerprint density at radius 1 is 0.951 bits per heavy atom. The van der Waals surface area contributed by atoms with E-state index in [2.05, 4.69) is 32.3 Å². The smallest absolute Gasteiger partial charge is 0.271 e. The lowest BCUT2D eigenvalue weighted by Gasteiger charge is -2.32. The second-order valence-corrected chi connectivity index (χ2v) is 10.1. The molecular formula is C30H34N8O3. The zero-order valence-corrected chi connectivity index (χ0v) is 23.5. The third kappa shape index (κ3) is 6.69. The van der Waals surface area contributed by atoms with E-state index in [0.29, 0.717) is 30.0 Å². The minimum atomic E-state index is -0.691. The van der Waals surface area contributed by atoms with Gasteiger partial charge in [-0.15, -0.1) is 0 Å². The molecule has 11 heteroatoms. The van der Waals surface area contributed by atoms with Crippen molar-refractivity contribution in [2.75, 3.05) is 38.5 Å². The van der Waals surface area contributed by atoms with Gasteiger partial charge in [-0.05, 0) is 42.3 Å². The number of hydrogen-bond donors (Lipinski definition) is 2. The molecule has 1 aliphatic rings. The van der Waals surface area contributed by atoms with Gasteiger partial charge in [-0.1, -0.05) is 43.3 Å². The van der Waals surface area contributed by atoms with Crippen LogP contribution in [0.4, 0.5) is 11.5 Å². The number of nitrogens with two attached hydrogens (primary N) is 1. The number of hydrogen-bond acceptors (Lipinski definition) is 8. The van der Waals surface area contributed by atoms with Crippen molar-refractivity contribution in [3.8, 4) is 22.8 Å². The van der Waals surface area contributed by atoms with Crippen LogP contribution in [0.25, 0.3) is 11.1 Å². The topological polar surface area (TPSA) is 132 Å². The summed E-state index contributed by atoms with van der Waals surface area (Å²) in [5, 5.41) is 7.18. The first-order valence-electron chi connectivity index (χ1n) is 13.6. The van der Waals surface area contributed by atoms with Crippen LogP contribution < -0.4 is 15.8 Å². The van der Waals surface area contributed by atoms with Crippen LogP contribution in [0.1, 0.15) is 28.7 Å². The van der Waals surface area contributed by atoms with Gasteiger partial charge in [0.15, 0.2) is 11.5 Å². The molecule has 0 saturated carbocycles. The molecule has 2 amide bonds. The molecule has 1 fully saturated rings. The minimum absolute atomic E-state index is 0.0297. The number of likely N-dealkylation sites (N-methyl/N-ethyl adjacent to an activating group) is 1. The number of amides is 2. The van der Waals surface area contributed by atoms with Crippen molar-refractivity contribution >= 4 is 23.3 Å². The molecule has 41 heavy (non-hydrogen) atoms. The number of aromatic nitrogens is 4. The Labute approximate surface area is 239 Å². The summed E-state index contributed by atoms with van der Waals surface area (Å²) in [5.74, 6) is 0.534. The monoisotopic (exact) mass is 554 g/mol. The molecule has 3 heterocycles. The fourth-order valence-corrected chi connectivity index (χ4v) is 4.63. The Balaban J connectivity index is 1.28. The predicted molar refractivity (Wildman–Crippen MR) is 156 cm³/mol. The highest BCUT2D eigenvalue weighted by atomic mass is 16.5. The number of carbonyl (C=O) groups excluding carboxylic acids is 2. The Morgan fingerprint density at radius 3 is 2.20 bits per heavy atom. The lowest BCUT2D eigenvalue weighted by molar-refractivity contribution is -0.132. The molecular weight excluding hydrogens is 520 g/mol. The van der Waals surface area contributed by atoms with Gasteiger partial charge in [0.1, 0.15) is 11.4 Å². The zero-order valence-electron chi connectivity index (χ0n) is 23.5. The average Bonchev–Trinajstić information content (AvgIpc) is 3.38. The second-order valence-electron chi connectivity index (χ2n) is 10.1. The number of nitrogens with one attached hydrogen (secondary N) is 1. The number of ether oxygens (including phenoxy) is 1. The summed E-state index contributed by atoms with van der Waals surface area (Å²) in [4.78, 5) is 37.9. The molecule has 1 saturated heterocycles. The molecule has 0 radical (unpaired) electrons. The first-order chi connectivity index (χ1) is 19.8. The lowest BCUT2D eigenvalue weighted by Crippen LogP contribution is -2.47. The lowest BCUT2D eigenvalue weighted by atomic mass is 10.0. The fourth-order valence-electron chi connectivity index (χ4n) is 4.63. The molecule has 1 aliphatic heterocycles. The number of primary amides is 1. The highest BCUT2D eigenvalue weighted by Crippen LogP contribution is 2.29. The Kier molecular flexibility index (Phi) is 8.25. The highest BCUT2D eigenvalue weighted by Gasteiger charge is 2.20. The molecule has 11 nitrogen and oxygen atoms in total. The van der Waals surface area contributed by atoms with Gasteiger partial charge < -0.3 is 25.6 Å². The van der Waals surface area contributed by atoms with Gasteiger partial charge in [0.2, 0.25) is 11.8 Å². The van der Waals surface area contributed by atoms with Crippen molar-refractivity contribution in [2.45, 2.75) is 19.8 Å². The Morgan fingerprint density at radius 2 is 1.61 bits per heavy atom. The quantitative estimate of drug-likeness (QED) is 0.322. The van der Waals surface area contributed by atoms with Crippen LogP contribution in [0.3, 0.4) is 0 Å². The molecule has 0 atom stereocenters. The molecule has 4 aromatic rings. The predicted octanol–water partition coefficient (Wildman–Crippen LogP) is 3.39. The van der Waals surface area contributed by atoms with Gasteiger partial charge in [0, 0.05) is 39.4 Å². The Bertz CT molecular complexity index is 1520. The van der Waals surface area contributed by atoms with Crippen molar-refractivity contribution in [1.82, 2.24) is 29.5 Å². The van der Waals surface area contributed by atoms with Crippen molar-refractivity contribution in [3.05, 3.63) is 77.9 Å². The van der Waals surface area contributed by atoms with Crippen molar-refractivity contribution in [1.29, 1.82) is 0 Å². The van der Waals surface area contributed by atoms with Crippen LogP contribution in [0.15, 0.2) is 60.9 Å². The normalized spacial score (nSPS) is 13.7. The van der Waals surface area contributed by atoms with Gasteiger partial charge in [0.25, 0.3) is 5.91 Å². The summed E-state index contributed by atoms with van der Waals surface area (Å²) < 4.78 is 7.73. The first-order valence-corrected chi connectivity index (χ1v) is 13.6. The fraction of sp³-hybridized carbons (Fsp3) is 0.300. The van der Waals surface area contributed by atoms with Gasteiger partial charge in [0.05, 0.1) is 18.3 Å². The van der Waals surface area contributed by atoms with E-state index in [1.807, 2.05) is 60.4 Å². The van der Waals surface area contributed by atoms with Crippen LogP contribution in [-0.4, -0.2) is 74.6 Å². The summed E-state index contributed by atoms with van der Waals surface area (Å²) in [6.07, 6.45) is 4.26. The molecule has 2 aromatic heterocycles. The van der Waals surface area contributed by atoms with E-state index in [4.69, 9.17) is 10.5 Å². The van der Waals surface area contributed by atoms with E-state index in [1.165, 1.54) is 0 Å². The van der Waals surface area contributed by atoms with E-state index in [0.717, 1.165) is 42.9 Å². The zero-order chi connectivity index (χ0) is 28.9. The van der Waals surface area contributed by atoms with Crippen molar-refractivity contribution in [2.24, 2.45) is 12.8 Å². The van der Waals surface area contributed by atoms with Gasteiger partial charge in [-0.2, -0.15) is 10.1 Å². The molecule has 2 aromatic carbocycles. The van der Waals surface area contributed by atoms with E-state index in [-0.39, 0.29) is 23.3 Å². The minimum Gasteiger partial charge on any atom is -0.437 e. The van der Waals surface area contributed by atoms with Crippen molar-refractivity contribution in [3.63, 3.8) is 0 Å². The van der Waals surface area contributed by atoms with Crippen LogP contribution >= 0.6 is 0 Å². The first kappa shape index (κ1) is 27.8. The van der Waals surface area contributed by atoms with Crippen LogP contribution in [0.2, 0.25) is 0 Å². The molecule has 3 N–H and O–H groups in total. The molecule has 0 aliphatic carbocycles. The Hall–Kier alpha value is -4.77. The molecule has 0 spiro atoms. The van der Waals surface area contributed by atoms with Crippen LogP contribution in [-0.2, 0) is 24.7 Å². The van der Waals surface area contributed by atoms with Gasteiger partial charge in [-0.3, -0.25) is 14.3 Å². The number of aryl methyl sites for hydroxylation is 2. The molecule has 5 rings (SSSR count). The summed E-state index contributed by atoms with van der Waals surface area (Å²) in [7, 11) is 3.87. The number of nitrogens with zero attached hydrogens (tertiary/aromatic N) is 6. The average molecular weight is 555 g/mol. The number of piperazine rings is 1. The summed E-state index contributed by atoms with van der Waals surface area (Å²) in [5.41, 5.74) is 9.81. The van der Waals surface area contributed by atoms with E-state index in [9.17, 15) is 9.59 Å². The third-order valence-corrected chi connectivity index (χ3v) is 7.03. The van der Waals surface area contributed by atoms with Crippen molar-refractivity contribution < 1.29 is 14.3 Å². The molecule has 212 valence electrons.